The van der Waals surface area contributed by atoms with Crippen molar-refractivity contribution in [3.63, 3.8) is 0 Å². The summed E-state index contributed by atoms with van der Waals surface area (Å²) in [6.45, 7) is -0.218. The summed E-state index contributed by atoms with van der Waals surface area (Å²) < 4.78 is 10.1. The quantitative estimate of drug-likeness (QED) is 0.362. The number of rotatable bonds is 4. The third kappa shape index (κ3) is 3.33. The van der Waals surface area contributed by atoms with Crippen molar-refractivity contribution in [1.29, 1.82) is 0 Å². The van der Waals surface area contributed by atoms with E-state index in [1.54, 1.807) is 0 Å². The van der Waals surface area contributed by atoms with E-state index in [2.05, 4.69) is 4.74 Å². The molecule has 0 amide bonds. The zero-order chi connectivity index (χ0) is 12.1. The van der Waals surface area contributed by atoms with E-state index in [0.717, 1.165) is 0 Å². The van der Waals surface area contributed by atoms with E-state index >= 15 is 0 Å². The van der Waals surface area contributed by atoms with Crippen LogP contribution in [0.5, 0.6) is 5.75 Å². The number of esters is 1. The number of nitrogens with zero attached hydrogens (tertiary/aromatic N) is 1. The van der Waals surface area contributed by atoms with Crippen LogP contribution < -0.4 is 4.74 Å². The molecule has 86 valence electrons. The minimum Gasteiger partial charge on any atom is -0.481 e. The van der Waals surface area contributed by atoms with E-state index < -0.39 is 10.9 Å². The number of hydrogen-bond donors (Lipinski definition) is 0. The lowest BCUT2D eigenvalue weighted by Crippen LogP contribution is -2.13. The third-order valence-corrected chi connectivity index (χ3v) is 2.54. The first-order chi connectivity index (χ1) is 7.54. The third-order valence-electron chi connectivity index (χ3n) is 1.70. The number of carbonyl (C=O) groups excluding carboxylic acids is 1. The molecule has 1 aromatic rings. The summed E-state index contributed by atoms with van der Waals surface area (Å²) >= 11 is 1.90. The van der Waals surface area contributed by atoms with Gasteiger partial charge < -0.3 is 9.47 Å². The number of carbonyl (C=O) groups is 1. The van der Waals surface area contributed by atoms with Crippen molar-refractivity contribution in [2.75, 3.05) is 13.7 Å². The Kier molecular flexibility index (Phi) is 4.47. The van der Waals surface area contributed by atoms with Crippen molar-refractivity contribution in [1.82, 2.24) is 0 Å². The molecule has 6 nitrogen and oxygen atoms in total. The van der Waals surface area contributed by atoms with Crippen molar-refractivity contribution in [2.24, 2.45) is 0 Å². The Bertz CT molecular complexity index is 420. The molecular weight excluding hydrogens is 329 g/mol. The number of non-ortho nitro benzene ring substituents is 1. The zero-order valence-corrected chi connectivity index (χ0v) is 10.5. The van der Waals surface area contributed by atoms with Crippen LogP contribution in [0.15, 0.2) is 18.2 Å². The number of nitro benzene ring substituents is 1. The SMILES string of the molecule is COC(=O)COc1ccc([N+](=O)[O-])cc1I. The first-order valence-corrected chi connectivity index (χ1v) is 5.26. The highest BCUT2D eigenvalue weighted by atomic mass is 127. The minimum absolute atomic E-state index is 0.0187. The first kappa shape index (κ1) is 12.7. The van der Waals surface area contributed by atoms with Crippen molar-refractivity contribution in [3.8, 4) is 5.75 Å². The molecule has 0 aliphatic rings. The lowest BCUT2D eigenvalue weighted by Gasteiger charge is -2.06. The Balaban J connectivity index is 2.75. The van der Waals surface area contributed by atoms with Gasteiger partial charge in [0.05, 0.1) is 15.6 Å². The average molecular weight is 337 g/mol. The maximum Gasteiger partial charge on any atom is 0.343 e. The fourth-order valence-electron chi connectivity index (χ4n) is 0.916. The smallest absolute Gasteiger partial charge is 0.343 e. The molecule has 16 heavy (non-hydrogen) atoms. The number of nitro groups is 1. The van der Waals surface area contributed by atoms with Crippen LogP contribution in [-0.2, 0) is 9.53 Å². The summed E-state index contributed by atoms with van der Waals surface area (Å²) in [7, 11) is 1.26. The van der Waals surface area contributed by atoms with Gasteiger partial charge >= 0.3 is 5.97 Å². The molecule has 0 atom stereocenters. The number of methoxy groups -OCH3 is 1. The highest BCUT2D eigenvalue weighted by Crippen LogP contribution is 2.25. The van der Waals surface area contributed by atoms with Crippen LogP contribution in [0.25, 0.3) is 0 Å². The molecule has 0 aromatic heterocycles. The second-order valence-corrected chi connectivity index (χ2v) is 3.90. The van der Waals surface area contributed by atoms with Gasteiger partial charge in [-0.3, -0.25) is 10.1 Å². The monoisotopic (exact) mass is 337 g/mol. The maximum atomic E-state index is 10.8. The molecule has 0 aliphatic heterocycles. The van der Waals surface area contributed by atoms with Gasteiger partial charge in [0, 0.05) is 12.1 Å². The molecule has 0 N–H and O–H groups in total. The topological polar surface area (TPSA) is 78.7 Å². The summed E-state index contributed by atoms with van der Waals surface area (Å²) in [5.41, 5.74) is -0.0187. The van der Waals surface area contributed by atoms with Crippen molar-refractivity contribution >= 4 is 34.2 Å². The van der Waals surface area contributed by atoms with Crippen LogP contribution in [0.4, 0.5) is 5.69 Å². The van der Waals surface area contributed by atoms with Gasteiger partial charge in [-0.05, 0) is 28.7 Å². The van der Waals surface area contributed by atoms with E-state index in [0.29, 0.717) is 9.32 Å². The molecule has 0 radical (unpaired) electrons. The van der Waals surface area contributed by atoms with Crippen LogP contribution >= 0.6 is 22.6 Å². The van der Waals surface area contributed by atoms with Gasteiger partial charge in [0.1, 0.15) is 5.75 Å². The highest BCUT2D eigenvalue weighted by molar-refractivity contribution is 14.1. The van der Waals surface area contributed by atoms with Crippen molar-refractivity contribution < 1.29 is 19.2 Å². The second-order valence-electron chi connectivity index (χ2n) is 2.74. The molecule has 0 spiro atoms. The van der Waals surface area contributed by atoms with Gasteiger partial charge in [0.2, 0.25) is 0 Å². The number of ether oxygens (including phenoxy) is 2. The fourth-order valence-corrected chi connectivity index (χ4v) is 1.57. The predicted molar refractivity (Wildman–Crippen MR) is 63.3 cm³/mol. The molecule has 1 aromatic carbocycles. The largest absolute Gasteiger partial charge is 0.481 e. The lowest BCUT2D eigenvalue weighted by atomic mass is 10.3. The first-order valence-electron chi connectivity index (χ1n) is 4.18. The molecule has 1 rings (SSSR count). The van der Waals surface area contributed by atoms with E-state index in [-0.39, 0.29) is 12.3 Å². The summed E-state index contributed by atoms with van der Waals surface area (Å²) in [6, 6.07) is 4.13. The second kappa shape index (κ2) is 5.64. The minimum atomic E-state index is -0.505. The molecule has 0 bridgehead atoms. The molecule has 0 saturated heterocycles. The molecule has 0 saturated carbocycles. The number of hydrogen-bond acceptors (Lipinski definition) is 5. The standard InChI is InChI=1S/C9H8INO5/c1-15-9(12)5-16-8-3-2-6(11(13)14)4-7(8)10/h2-4H,5H2,1H3. The van der Waals surface area contributed by atoms with Crippen LogP contribution in [0.2, 0.25) is 0 Å². The molecule has 0 unspecified atom stereocenters. The van der Waals surface area contributed by atoms with Gasteiger partial charge in [-0.2, -0.15) is 0 Å². The summed E-state index contributed by atoms with van der Waals surface area (Å²) in [4.78, 5) is 20.8. The average Bonchev–Trinajstić information content (AvgIpc) is 2.26. The summed E-state index contributed by atoms with van der Waals surface area (Å²) in [5.74, 6) is -0.0919. The Morgan fingerprint density at radius 2 is 2.25 bits per heavy atom. The summed E-state index contributed by atoms with van der Waals surface area (Å²) in [5, 5.41) is 10.5. The maximum absolute atomic E-state index is 10.8. The normalized spacial score (nSPS) is 9.62. The molecule has 7 heteroatoms. The van der Waals surface area contributed by atoms with Crippen LogP contribution in [-0.4, -0.2) is 24.6 Å². The van der Waals surface area contributed by atoms with Crippen LogP contribution in [0.3, 0.4) is 0 Å². The van der Waals surface area contributed by atoms with Crippen LogP contribution in [0.1, 0.15) is 0 Å². The molecular formula is C9H8INO5. The Morgan fingerprint density at radius 1 is 1.56 bits per heavy atom. The Labute approximate surface area is 105 Å². The zero-order valence-electron chi connectivity index (χ0n) is 8.31. The van der Waals surface area contributed by atoms with E-state index in [1.165, 1.54) is 25.3 Å². The van der Waals surface area contributed by atoms with E-state index in [4.69, 9.17) is 4.74 Å². The predicted octanol–water partition coefficient (Wildman–Crippen LogP) is 1.75. The molecule has 0 aliphatic carbocycles. The van der Waals surface area contributed by atoms with E-state index in [9.17, 15) is 14.9 Å². The van der Waals surface area contributed by atoms with Gasteiger partial charge in [-0.1, -0.05) is 0 Å². The van der Waals surface area contributed by atoms with Crippen LogP contribution in [0, 0.1) is 13.7 Å². The Hall–Kier alpha value is -1.38. The van der Waals surface area contributed by atoms with Gasteiger partial charge in [-0.25, -0.2) is 4.79 Å². The van der Waals surface area contributed by atoms with Gasteiger partial charge in [0.15, 0.2) is 6.61 Å². The molecule has 0 heterocycles. The Morgan fingerprint density at radius 3 is 2.75 bits per heavy atom. The molecule has 0 fully saturated rings. The lowest BCUT2D eigenvalue weighted by molar-refractivity contribution is -0.385. The highest BCUT2D eigenvalue weighted by Gasteiger charge is 2.11. The van der Waals surface area contributed by atoms with Gasteiger partial charge in [0.25, 0.3) is 5.69 Å². The van der Waals surface area contributed by atoms with Crippen molar-refractivity contribution in [3.05, 3.63) is 31.9 Å². The van der Waals surface area contributed by atoms with E-state index in [1.807, 2.05) is 22.6 Å². The fraction of sp³-hybridized carbons (Fsp3) is 0.222. The van der Waals surface area contributed by atoms with Gasteiger partial charge in [-0.15, -0.1) is 0 Å². The summed E-state index contributed by atoms with van der Waals surface area (Å²) in [6.07, 6.45) is 0. The number of benzene rings is 1. The van der Waals surface area contributed by atoms with Crippen molar-refractivity contribution in [2.45, 2.75) is 0 Å². The number of halogens is 1.